The molecule has 2 amide bonds. The second kappa shape index (κ2) is 9.74. The van der Waals surface area contributed by atoms with Gasteiger partial charge in [0.05, 0.1) is 0 Å². The summed E-state index contributed by atoms with van der Waals surface area (Å²) >= 11 is 0. The number of rotatable bonds is 6. The molecule has 3 aromatic carbocycles. The number of nitrogens with zero attached hydrogens (tertiary/aromatic N) is 1. The number of hydrogen-bond donors (Lipinski definition) is 2. The summed E-state index contributed by atoms with van der Waals surface area (Å²) in [5.41, 5.74) is 2.59. The van der Waals surface area contributed by atoms with Crippen molar-refractivity contribution in [2.24, 2.45) is 5.92 Å². The van der Waals surface area contributed by atoms with Crippen molar-refractivity contribution in [1.29, 1.82) is 0 Å². The summed E-state index contributed by atoms with van der Waals surface area (Å²) in [7, 11) is 0. The minimum absolute atomic E-state index is 0.191. The maximum Gasteiger partial charge on any atom is 0.265 e. The molecule has 8 heteroatoms. The van der Waals surface area contributed by atoms with E-state index in [0.29, 0.717) is 43.0 Å². The van der Waals surface area contributed by atoms with Crippen molar-refractivity contribution in [3.05, 3.63) is 89.5 Å². The first-order valence-corrected chi connectivity index (χ1v) is 11.6. The van der Waals surface area contributed by atoms with Crippen LogP contribution in [0.1, 0.15) is 22.3 Å². The average Bonchev–Trinajstić information content (AvgIpc) is 3.52. The summed E-state index contributed by atoms with van der Waals surface area (Å²) in [6.45, 7) is 1.81. The molecule has 1 saturated heterocycles. The van der Waals surface area contributed by atoms with Crippen LogP contribution in [0.2, 0.25) is 0 Å². The number of hydrogen-bond acceptors (Lipinski definition) is 4. The summed E-state index contributed by atoms with van der Waals surface area (Å²) in [4.78, 5) is 27.4. The van der Waals surface area contributed by atoms with E-state index < -0.39 is 17.7 Å². The van der Waals surface area contributed by atoms with Gasteiger partial charge in [-0.15, -0.1) is 0 Å². The van der Waals surface area contributed by atoms with Crippen LogP contribution in [0.3, 0.4) is 0 Å². The van der Waals surface area contributed by atoms with Crippen molar-refractivity contribution in [1.82, 2.24) is 5.32 Å². The van der Waals surface area contributed by atoms with Gasteiger partial charge in [0.15, 0.2) is 17.7 Å². The normalized spacial score (nSPS) is 18.6. The molecule has 180 valence electrons. The van der Waals surface area contributed by atoms with Crippen molar-refractivity contribution >= 4 is 23.2 Å². The molecule has 0 aromatic heterocycles. The summed E-state index contributed by atoms with van der Waals surface area (Å²) in [6, 6.07) is 18.2. The standard InChI is InChI=1S/C27H25F2N3O3/c28-22-9-8-21(14-23(22)29)32-11-10-17(16-32)15-30-26(33)19-5-3-6-20(12-19)31-27(34)25-13-18-4-1-2-7-24(18)35-25/h1-9,12,14,17,25H,10-11,13,15-16H2,(H,30,33)(H,31,34). The van der Waals surface area contributed by atoms with Gasteiger partial charge in [-0.3, -0.25) is 9.59 Å². The van der Waals surface area contributed by atoms with E-state index in [0.717, 1.165) is 23.8 Å². The molecular weight excluding hydrogens is 452 g/mol. The van der Waals surface area contributed by atoms with Gasteiger partial charge in [0.1, 0.15) is 5.75 Å². The first kappa shape index (κ1) is 22.8. The Kier molecular flexibility index (Phi) is 6.35. The SMILES string of the molecule is O=C(NCC1CCN(c2ccc(F)c(F)c2)C1)c1cccc(NC(=O)C2Cc3ccccc3O2)c1. The fourth-order valence-electron chi connectivity index (χ4n) is 4.54. The topological polar surface area (TPSA) is 70.7 Å². The van der Waals surface area contributed by atoms with Crippen LogP contribution in [0.4, 0.5) is 20.2 Å². The second-order valence-electron chi connectivity index (χ2n) is 8.90. The zero-order valence-corrected chi connectivity index (χ0v) is 19.0. The number of carbonyl (C=O) groups is 2. The number of nitrogens with one attached hydrogen (secondary N) is 2. The van der Waals surface area contributed by atoms with Crippen molar-refractivity contribution in [2.75, 3.05) is 29.9 Å². The third kappa shape index (κ3) is 5.11. The highest BCUT2D eigenvalue weighted by atomic mass is 19.2. The molecule has 2 aliphatic heterocycles. The number of carbonyl (C=O) groups excluding carboxylic acids is 2. The van der Waals surface area contributed by atoms with Gasteiger partial charge in [-0.1, -0.05) is 24.3 Å². The number of amides is 2. The van der Waals surface area contributed by atoms with Gasteiger partial charge in [-0.2, -0.15) is 0 Å². The number of halogens is 2. The zero-order chi connectivity index (χ0) is 24.4. The fourth-order valence-corrected chi connectivity index (χ4v) is 4.54. The summed E-state index contributed by atoms with van der Waals surface area (Å²) in [6.07, 6.45) is 0.731. The van der Waals surface area contributed by atoms with E-state index in [1.807, 2.05) is 29.2 Å². The van der Waals surface area contributed by atoms with Crippen LogP contribution in [0.25, 0.3) is 0 Å². The first-order chi connectivity index (χ1) is 17.0. The molecule has 35 heavy (non-hydrogen) atoms. The molecule has 2 aliphatic rings. The van der Waals surface area contributed by atoms with E-state index in [2.05, 4.69) is 10.6 Å². The van der Waals surface area contributed by atoms with Crippen LogP contribution in [0, 0.1) is 17.6 Å². The molecule has 3 aromatic rings. The molecule has 2 heterocycles. The van der Waals surface area contributed by atoms with E-state index >= 15 is 0 Å². The van der Waals surface area contributed by atoms with Gasteiger partial charge in [0.25, 0.3) is 11.8 Å². The molecule has 2 N–H and O–H groups in total. The van der Waals surface area contributed by atoms with Crippen LogP contribution in [0.15, 0.2) is 66.7 Å². The number of benzene rings is 3. The third-order valence-electron chi connectivity index (χ3n) is 6.44. The Morgan fingerprint density at radius 2 is 1.86 bits per heavy atom. The predicted octanol–water partition coefficient (Wildman–Crippen LogP) is 4.16. The molecule has 6 nitrogen and oxygen atoms in total. The van der Waals surface area contributed by atoms with Crippen LogP contribution >= 0.6 is 0 Å². The lowest BCUT2D eigenvalue weighted by molar-refractivity contribution is -0.122. The average molecular weight is 478 g/mol. The van der Waals surface area contributed by atoms with Crippen molar-refractivity contribution in [2.45, 2.75) is 18.9 Å². The Bertz CT molecular complexity index is 1240. The highest BCUT2D eigenvalue weighted by Crippen LogP contribution is 2.29. The lowest BCUT2D eigenvalue weighted by Crippen LogP contribution is -2.32. The van der Waals surface area contributed by atoms with E-state index in [4.69, 9.17) is 4.74 Å². The molecule has 0 saturated carbocycles. The lowest BCUT2D eigenvalue weighted by Gasteiger charge is -2.19. The van der Waals surface area contributed by atoms with Crippen LogP contribution in [-0.4, -0.2) is 37.6 Å². The molecule has 2 unspecified atom stereocenters. The van der Waals surface area contributed by atoms with Crippen molar-refractivity contribution in [3.8, 4) is 5.75 Å². The van der Waals surface area contributed by atoms with Gasteiger partial charge in [-0.05, 0) is 54.3 Å². The molecule has 2 atom stereocenters. The maximum atomic E-state index is 13.5. The van der Waals surface area contributed by atoms with Gasteiger partial charge in [0, 0.05) is 49.1 Å². The Morgan fingerprint density at radius 1 is 1.00 bits per heavy atom. The number of fused-ring (bicyclic) bond motifs is 1. The maximum absolute atomic E-state index is 13.5. The summed E-state index contributed by atoms with van der Waals surface area (Å²) in [5.74, 6) is -1.32. The molecule has 0 bridgehead atoms. The molecule has 0 spiro atoms. The largest absolute Gasteiger partial charge is 0.480 e. The van der Waals surface area contributed by atoms with Gasteiger partial charge >= 0.3 is 0 Å². The smallest absolute Gasteiger partial charge is 0.265 e. The lowest BCUT2D eigenvalue weighted by atomic mass is 10.1. The zero-order valence-electron chi connectivity index (χ0n) is 19.0. The molecule has 1 fully saturated rings. The number of para-hydroxylation sites is 1. The van der Waals surface area contributed by atoms with Crippen molar-refractivity contribution in [3.63, 3.8) is 0 Å². The summed E-state index contributed by atoms with van der Waals surface area (Å²) in [5, 5.41) is 5.78. The Morgan fingerprint density at radius 3 is 2.69 bits per heavy atom. The minimum Gasteiger partial charge on any atom is -0.480 e. The first-order valence-electron chi connectivity index (χ1n) is 11.6. The van der Waals surface area contributed by atoms with E-state index in [1.165, 1.54) is 6.07 Å². The summed E-state index contributed by atoms with van der Waals surface area (Å²) < 4.78 is 32.5. The van der Waals surface area contributed by atoms with Crippen LogP contribution in [-0.2, 0) is 11.2 Å². The molecule has 5 rings (SSSR count). The molecule has 0 radical (unpaired) electrons. The Labute approximate surface area is 201 Å². The minimum atomic E-state index is -0.866. The molecular formula is C27H25F2N3O3. The number of ether oxygens (including phenoxy) is 1. The van der Waals surface area contributed by atoms with E-state index in [9.17, 15) is 18.4 Å². The quantitative estimate of drug-likeness (QED) is 0.559. The van der Waals surface area contributed by atoms with Crippen LogP contribution < -0.4 is 20.3 Å². The predicted molar refractivity (Wildman–Crippen MR) is 129 cm³/mol. The van der Waals surface area contributed by atoms with Crippen LogP contribution in [0.5, 0.6) is 5.75 Å². The Balaban J connectivity index is 1.13. The number of anilines is 2. The highest BCUT2D eigenvalue weighted by molar-refractivity contribution is 5.98. The monoisotopic (exact) mass is 477 g/mol. The Hall–Kier alpha value is -3.94. The van der Waals surface area contributed by atoms with Gasteiger partial charge < -0.3 is 20.3 Å². The van der Waals surface area contributed by atoms with Gasteiger partial charge in [0.2, 0.25) is 0 Å². The molecule has 0 aliphatic carbocycles. The third-order valence-corrected chi connectivity index (χ3v) is 6.44. The highest BCUT2D eigenvalue weighted by Gasteiger charge is 2.29. The van der Waals surface area contributed by atoms with E-state index in [-0.39, 0.29) is 17.7 Å². The van der Waals surface area contributed by atoms with Crippen molar-refractivity contribution < 1.29 is 23.1 Å². The van der Waals surface area contributed by atoms with E-state index in [1.54, 1.807) is 30.3 Å². The fraction of sp³-hybridized carbons (Fsp3) is 0.259. The van der Waals surface area contributed by atoms with Gasteiger partial charge in [-0.25, -0.2) is 8.78 Å². The second-order valence-corrected chi connectivity index (χ2v) is 8.90.